The summed E-state index contributed by atoms with van der Waals surface area (Å²) in [6, 6.07) is 5.17. The van der Waals surface area contributed by atoms with Crippen molar-refractivity contribution in [2.75, 3.05) is 14.1 Å². The zero-order valence-corrected chi connectivity index (χ0v) is 14.4. The fourth-order valence-electron chi connectivity index (χ4n) is 3.64. The quantitative estimate of drug-likeness (QED) is 0.627. The normalized spacial score (nSPS) is 19.7. The summed E-state index contributed by atoms with van der Waals surface area (Å²) in [4.78, 5) is 2.30. The van der Waals surface area contributed by atoms with Gasteiger partial charge in [-0.3, -0.25) is 11.3 Å². The zero-order chi connectivity index (χ0) is 15.5. The van der Waals surface area contributed by atoms with Crippen LogP contribution >= 0.6 is 15.9 Å². The van der Waals surface area contributed by atoms with Crippen LogP contribution in [0.1, 0.15) is 37.7 Å². The van der Waals surface area contributed by atoms with E-state index >= 15 is 0 Å². The molecule has 1 aliphatic rings. The minimum Gasteiger partial charge on any atom is -0.302 e. The molecule has 1 saturated carbocycles. The van der Waals surface area contributed by atoms with Gasteiger partial charge < -0.3 is 4.90 Å². The van der Waals surface area contributed by atoms with Gasteiger partial charge in [0.1, 0.15) is 5.82 Å². The minimum absolute atomic E-state index is 0.0474. The minimum atomic E-state index is -0.210. The van der Waals surface area contributed by atoms with Crippen LogP contribution in [0.2, 0.25) is 0 Å². The van der Waals surface area contributed by atoms with E-state index in [-0.39, 0.29) is 17.4 Å². The second-order valence-corrected chi connectivity index (χ2v) is 7.18. The molecular formula is C16H25BrFN3. The van der Waals surface area contributed by atoms with Crippen LogP contribution in [0, 0.1) is 5.82 Å². The average molecular weight is 358 g/mol. The molecule has 1 aliphatic carbocycles. The van der Waals surface area contributed by atoms with Gasteiger partial charge in [0.15, 0.2) is 0 Å². The molecule has 3 nitrogen and oxygen atoms in total. The maximum absolute atomic E-state index is 13.6. The molecule has 1 aromatic carbocycles. The first-order valence-electron chi connectivity index (χ1n) is 7.56. The zero-order valence-electron chi connectivity index (χ0n) is 12.8. The Balaban J connectivity index is 2.24. The smallest absolute Gasteiger partial charge is 0.124 e. The van der Waals surface area contributed by atoms with E-state index in [2.05, 4.69) is 40.4 Å². The van der Waals surface area contributed by atoms with E-state index < -0.39 is 0 Å². The van der Waals surface area contributed by atoms with Crippen LogP contribution in [0.3, 0.4) is 0 Å². The van der Waals surface area contributed by atoms with Gasteiger partial charge in [-0.05, 0) is 57.1 Å². The lowest BCUT2D eigenvalue weighted by molar-refractivity contribution is 0.0568. The summed E-state index contributed by atoms with van der Waals surface area (Å²) in [5.41, 5.74) is 4.02. The molecule has 0 aliphatic heterocycles. The molecule has 0 heterocycles. The summed E-state index contributed by atoms with van der Waals surface area (Å²) >= 11 is 3.36. The van der Waals surface area contributed by atoms with E-state index in [9.17, 15) is 4.39 Å². The van der Waals surface area contributed by atoms with E-state index in [0.29, 0.717) is 0 Å². The van der Waals surface area contributed by atoms with Gasteiger partial charge in [-0.25, -0.2) is 4.39 Å². The van der Waals surface area contributed by atoms with Crippen molar-refractivity contribution in [3.8, 4) is 0 Å². The average Bonchev–Trinajstić information content (AvgIpc) is 2.44. The third-order valence-electron chi connectivity index (χ3n) is 4.82. The van der Waals surface area contributed by atoms with Crippen LogP contribution in [0.5, 0.6) is 0 Å². The van der Waals surface area contributed by atoms with Crippen molar-refractivity contribution >= 4 is 15.9 Å². The van der Waals surface area contributed by atoms with Crippen LogP contribution in [-0.2, 0) is 6.42 Å². The standard InChI is InChI=1S/C16H25BrFN3/c1-21(2)16(6-4-3-5-7-16)15(20-19)10-12-8-13(17)11-14(18)9-12/h8-9,11,15,20H,3-7,10,19H2,1-2H3. The van der Waals surface area contributed by atoms with Gasteiger partial charge in [0.25, 0.3) is 0 Å². The van der Waals surface area contributed by atoms with Gasteiger partial charge >= 0.3 is 0 Å². The molecule has 2 rings (SSSR count). The van der Waals surface area contributed by atoms with Crippen molar-refractivity contribution in [2.24, 2.45) is 5.84 Å². The monoisotopic (exact) mass is 357 g/mol. The summed E-state index contributed by atoms with van der Waals surface area (Å²) in [5, 5.41) is 0. The molecule has 1 unspecified atom stereocenters. The van der Waals surface area contributed by atoms with E-state index in [4.69, 9.17) is 5.84 Å². The molecule has 3 N–H and O–H groups in total. The highest BCUT2D eigenvalue weighted by molar-refractivity contribution is 9.10. The molecule has 0 bridgehead atoms. The van der Waals surface area contributed by atoms with Crippen LogP contribution in [0.25, 0.3) is 0 Å². The lowest BCUT2D eigenvalue weighted by atomic mass is 9.73. The summed E-state index contributed by atoms with van der Waals surface area (Å²) in [6.45, 7) is 0. The number of nitrogens with two attached hydrogens (primary N) is 1. The number of nitrogens with one attached hydrogen (secondary N) is 1. The molecule has 0 saturated heterocycles. The van der Waals surface area contributed by atoms with Gasteiger partial charge in [-0.2, -0.15) is 0 Å². The fourth-order valence-corrected chi connectivity index (χ4v) is 4.15. The maximum Gasteiger partial charge on any atom is 0.124 e. The molecule has 0 radical (unpaired) electrons. The van der Waals surface area contributed by atoms with Crippen molar-refractivity contribution in [2.45, 2.75) is 50.1 Å². The Bertz CT molecular complexity index is 452. The van der Waals surface area contributed by atoms with Crippen molar-refractivity contribution in [1.29, 1.82) is 0 Å². The largest absolute Gasteiger partial charge is 0.302 e. The third-order valence-corrected chi connectivity index (χ3v) is 5.28. The Morgan fingerprint density at radius 1 is 1.29 bits per heavy atom. The van der Waals surface area contributed by atoms with E-state index in [1.54, 1.807) is 6.07 Å². The SMILES string of the molecule is CN(C)C1(C(Cc2cc(F)cc(Br)c2)NN)CCCCC1. The summed E-state index contributed by atoms with van der Waals surface area (Å²) in [7, 11) is 4.24. The summed E-state index contributed by atoms with van der Waals surface area (Å²) < 4.78 is 14.4. The number of nitrogens with zero attached hydrogens (tertiary/aromatic N) is 1. The first kappa shape index (κ1) is 16.9. The number of halogens is 2. The van der Waals surface area contributed by atoms with Gasteiger partial charge in [-0.1, -0.05) is 35.2 Å². The lowest BCUT2D eigenvalue weighted by Crippen LogP contribution is -2.62. The molecule has 1 fully saturated rings. The number of hydrazine groups is 1. The Morgan fingerprint density at radius 3 is 2.48 bits per heavy atom. The molecular weight excluding hydrogens is 333 g/mol. The van der Waals surface area contributed by atoms with Gasteiger partial charge in [-0.15, -0.1) is 0 Å². The number of likely N-dealkylation sites (N-methyl/N-ethyl adjacent to an activating group) is 1. The van der Waals surface area contributed by atoms with E-state index in [1.807, 2.05) is 6.07 Å². The predicted molar refractivity (Wildman–Crippen MR) is 88.4 cm³/mol. The maximum atomic E-state index is 13.6. The molecule has 0 amide bonds. The number of hydrogen-bond acceptors (Lipinski definition) is 3. The topological polar surface area (TPSA) is 41.3 Å². The first-order valence-corrected chi connectivity index (χ1v) is 8.36. The van der Waals surface area contributed by atoms with Gasteiger partial charge in [0.05, 0.1) is 0 Å². The van der Waals surface area contributed by atoms with Crippen molar-refractivity contribution in [1.82, 2.24) is 10.3 Å². The fraction of sp³-hybridized carbons (Fsp3) is 0.625. The number of hydrogen-bond donors (Lipinski definition) is 2. The van der Waals surface area contributed by atoms with E-state index in [1.165, 1.54) is 25.3 Å². The van der Waals surface area contributed by atoms with E-state index in [0.717, 1.165) is 29.3 Å². The molecule has 21 heavy (non-hydrogen) atoms. The van der Waals surface area contributed by atoms with Crippen molar-refractivity contribution < 1.29 is 4.39 Å². The van der Waals surface area contributed by atoms with Gasteiger partial charge in [0, 0.05) is 16.1 Å². The first-order chi connectivity index (χ1) is 9.98. The highest BCUT2D eigenvalue weighted by Gasteiger charge is 2.41. The van der Waals surface area contributed by atoms with Crippen LogP contribution in [0.4, 0.5) is 4.39 Å². The highest BCUT2D eigenvalue weighted by atomic mass is 79.9. The van der Waals surface area contributed by atoms with Crippen LogP contribution in [0.15, 0.2) is 22.7 Å². The molecule has 1 aromatic rings. The Morgan fingerprint density at radius 2 is 1.95 bits per heavy atom. The van der Waals surface area contributed by atoms with Crippen LogP contribution in [-0.4, -0.2) is 30.6 Å². The third kappa shape index (κ3) is 3.83. The van der Waals surface area contributed by atoms with Crippen molar-refractivity contribution in [3.05, 3.63) is 34.1 Å². The van der Waals surface area contributed by atoms with Crippen molar-refractivity contribution in [3.63, 3.8) is 0 Å². The summed E-state index contributed by atoms with van der Waals surface area (Å²) in [6.07, 6.45) is 6.73. The number of benzene rings is 1. The molecule has 0 aromatic heterocycles. The lowest BCUT2D eigenvalue weighted by Gasteiger charge is -2.48. The number of rotatable bonds is 5. The predicted octanol–water partition coefficient (Wildman–Crippen LogP) is 3.23. The second kappa shape index (κ2) is 7.18. The molecule has 118 valence electrons. The molecule has 1 atom stereocenters. The summed E-state index contributed by atoms with van der Waals surface area (Å²) in [5.74, 6) is 5.66. The Labute approximate surface area is 135 Å². The molecule has 5 heteroatoms. The highest BCUT2D eigenvalue weighted by Crippen LogP contribution is 2.36. The van der Waals surface area contributed by atoms with Gasteiger partial charge in [0.2, 0.25) is 0 Å². The Hall–Kier alpha value is -0.490. The second-order valence-electron chi connectivity index (χ2n) is 6.26. The molecule has 0 spiro atoms. The van der Waals surface area contributed by atoms with Crippen LogP contribution < -0.4 is 11.3 Å². The Kier molecular flexibility index (Phi) is 5.77.